The Bertz CT molecular complexity index is 593. The number of hydrogen-bond donors (Lipinski definition) is 1. The van der Waals surface area contributed by atoms with Gasteiger partial charge in [0.25, 0.3) is 0 Å². The van der Waals surface area contributed by atoms with Crippen LogP contribution >= 0.6 is 0 Å². The number of fused-ring (bicyclic) bond motifs is 1. The van der Waals surface area contributed by atoms with E-state index in [9.17, 15) is 0 Å². The van der Waals surface area contributed by atoms with E-state index in [-0.39, 0.29) is 0 Å². The van der Waals surface area contributed by atoms with Gasteiger partial charge in [-0.05, 0) is 32.0 Å². The van der Waals surface area contributed by atoms with Crippen LogP contribution in [0.15, 0.2) is 30.5 Å². The van der Waals surface area contributed by atoms with Crippen LogP contribution in [0.4, 0.5) is 5.82 Å². The number of benzene rings is 1. The van der Waals surface area contributed by atoms with Crippen LogP contribution < -0.4 is 15.0 Å². The first-order valence-corrected chi connectivity index (χ1v) is 7.24. The first kappa shape index (κ1) is 13.2. The van der Waals surface area contributed by atoms with Gasteiger partial charge in [0, 0.05) is 36.1 Å². The summed E-state index contributed by atoms with van der Waals surface area (Å²) in [5.74, 6) is 1.98. The highest BCUT2D eigenvalue weighted by atomic mass is 16.5. The summed E-state index contributed by atoms with van der Waals surface area (Å²) in [6.45, 7) is 5.29. The zero-order valence-corrected chi connectivity index (χ0v) is 12.1. The summed E-state index contributed by atoms with van der Waals surface area (Å²) in [7, 11) is 1.72. The number of nitrogens with zero attached hydrogens (tertiary/aromatic N) is 2. The molecule has 106 valence electrons. The van der Waals surface area contributed by atoms with Gasteiger partial charge in [-0.2, -0.15) is 0 Å². The van der Waals surface area contributed by atoms with Crippen molar-refractivity contribution in [3.8, 4) is 5.75 Å². The highest BCUT2D eigenvalue weighted by Crippen LogP contribution is 2.32. The first-order valence-electron chi connectivity index (χ1n) is 7.24. The van der Waals surface area contributed by atoms with E-state index in [4.69, 9.17) is 4.74 Å². The molecule has 0 saturated carbocycles. The number of nitrogens with one attached hydrogen (secondary N) is 1. The summed E-state index contributed by atoms with van der Waals surface area (Å²) in [6.07, 6.45) is 3.06. The average Bonchev–Trinajstić information content (AvgIpc) is 3.02. The molecule has 0 radical (unpaired) electrons. The van der Waals surface area contributed by atoms with Gasteiger partial charge in [-0.3, -0.25) is 0 Å². The second-order valence-corrected chi connectivity index (χ2v) is 5.12. The smallest absolute Gasteiger partial charge is 0.136 e. The van der Waals surface area contributed by atoms with E-state index in [0.717, 1.165) is 36.6 Å². The summed E-state index contributed by atoms with van der Waals surface area (Å²) < 4.78 is 5.46. The molecule has 3 rings (SSSR count). The summed E-state index contributed by atoms with van der Waals surface area (Å²) in [5.41, 5.74) is 0. The fraction of sp³-hybridized carbons (Fsp3) is 0.438. The van der Waals surface area contributed by atoms with Crippen LogP contribution in [0.3, 0.4) is 0 Å². The Hall–Kier alpha value is -1.81. The fourth-order valence-corrected chi connectivity index (χ4v) is 3.06. The summed E-state index contributed by atoms with van der Waals surface area (Å²) in [6, 6.07) is 8.72. The SMILES string of the molecule is CCN(c1nccc2c(OC)cccc12)C1CCNC1. The van der Waals surface area contributed by atoms with Gasteiger partial charge >= 0.3 is 0 Å². The number of rotatable bonds is 4. The Morgan fingerprint density at radius 1 is 1.35 bits per heavy atom. The van der Waals surface area contributed by atoms with E-state index >= 15 is 0 Å². The molecule has 2 heterocycles. The highest BCUT2D eigenvalue weighted by Gasteiger charge is 2.23. The molecular weight excluding hydrogens is 250 g/mol. The Morgan fingerprint density at radius 2 is 2.25 bits per heavy atom. The summed E-state index contributed by atoms with van der Waals surface area (Å²) in [4.78, 5) is 7.05. The van der Waals surface area contributed by atoms with Crippen molar-refractivity contribution in [2.24, 2.45) is 0 Å². The monoisotopic (exact) mass is 271 g/mol. The molecular formula is C16H21N3O. The molecule has 1 saturated heterocycles. The quantitative estimate of drug-likeness (QED) is 0.927. The zero-order chi connectivity index (χ0) is 13.9. The maximum absolute atomic E-state index is 5.46. The van der Waals surface area contributed by atoms with Crippen LogP contribution in [-0.4, -0.2) is 37.8 Å². The lowest BCUT2D eigenvalue weighted by molar-refractivity contribution is 0.420. The molecule has 0 aliphatic carbocycles. The second-order valence-electron chi connectivity index (χ2n) is 5.12. The lowest BCUT2D eigenvalue weighted by Crippen LogP contribution is -2.37. The molecule has 1 unspecified atom stereocenters. The lowest BCUT2D eigenvalue weighted by atomic mass is 10.1. The molecule has 4 nitrogen and oxygen atoms in total. The van der Waals surface area contributed by atoms with E-state index in [0.29, 0.717) is 6.04 Å². The number of likely N-dealkylation sites (N-methyl/N-ethyl adjacent to an activating group) is 1. The van der Waals surface area contributed by atoms with E-state index in [1.807, 2.05) is 24.4 Å². The molecule has 0 amide bonds. The van der Waals surface area contributed by atoms with Crippen LogP contribution in [0.1, 0.15) is 13.3 Å². The highest BCUT2D eigenvalue weighted by molar-refractivity contribution is 5.96. The molecule has 1 fully saturated rings. The number of methoxy groups -OCH3 is 1. The number of ether oxygens (including phenoxy) is 1. The van der Waals surface area contributed by atoms with Crippen molar-refractivity contribution in [3.05, 3.63) is 30.5 Å². The predicted octanol–water partition coefficient (Wildman–Crippen LogP) is 2.43. The van der Waals surface area contributed by atoms with Gasteiger partial charge in [0.1, 0.15) is 11.6 Å². The first-order chi connectivity index (χ1) is 9.85. The standard InChI is InChI=1S/C16H21N3O/c1-3-19(12-7-9-17-11-12)16-14-5-4-6-15(20-2)13(14)8-10-18-16/h4-6,8,10,12,17H,3,7,9,11H2,1-2H3. The van der Waals surface area contributed by atoms with Crippen molar-refractivity contribution in [1.82, 2.24) is 10.3 Å². The number of anilines is 1. The molecule has 4 heteroatoms. The van der Waals surface area contributed by atoms with E-state index in [1.54, 1.807) is 7.11 Å². The lowest BCUT2D eigenvalue weighted by Gasteiger charge is -2.29. The van der Waals surface area contributed by atoms with Crippen LogP contribution in [0.2, 0.25) is 0 Å². The average molecular weight is 271 g/mol. The van der Waals surface area contributed by atoms with Crippen molar-refractivity contribution in [2.45, 2.75) is 19.4 Å². The Balaban J connectivity index is 2.10. The Labute approximate surface area is 119 Å². The second kappa shape index (κ2) is 5.67. The Kier molecular flexibility index (Phi) is 3.74. The molecule has 20 heavy (non-hydrogen) atoms. The third kappa shape index (κ3) is 2.20. The fourth-order valence-electron chi connectivity index (χ4n) is 3.06. The van der Waals surface area contributed by atoms with Gasteiger partial charge in [-0.25, -0.2) is 4.98 Å². The largest absolute Gasteiger partial charge is 0.496 e. The molecule has 0 bridgehead atoms. The third-order valence-corrected chi connectivity index (χ3v) is 4.05. The third-order valence-electron chi connectivity index (χ3n) is 4.05. The topological polar surface area (TPSA) is 37.4 Å². The molecule has 1 N–H and O–H groups in total. The van der Waals surface area contributed by atoms with Gasteiger partial charge in [0.2, 0.25) is 0 Å². The molecule has 1 atom stereocenters. The van der Waals surface area contributed by atoms with Crippen LogP contribution in [-0.2, 0) is 0 Å². The minimum atomic E-state index is 0.532. The maximum Gasteiger partial charge on any atom is 0.136 e. The van der Waals surface area contributed by atoms with Crippen molar-refractivity contribution < 1.29 is 4.74 Å². The van der Waals surface area contributed by atoms with Crippen LogP contribution in [0.5, 0.6) is 5.75 Å². The van der Waals surface area contributed by atoms with Crippen LogP contribution in [0.25, 0.3) is 10.8 Å². The minimum Gasteiger partial charge on any atom is -0.496 e. The number of aromatic nitrogens is 1. The summed E-state index contributed by atoms with van der Waals surface area (Å²) in [5, 5.41) is 5.73. The molecule has 1 aromatic carbocycles. The van der Waals surface area contributed by atoms with Crippen molar-refractivity contribution in [3.63, 3.8) is 0 Å². The van der Waals surface area contributed by atoms with Crippen LogP contribution in [0, 0.1) is 0 Å². The Morgan fingerprint density at radius 3 is 2.95 bits per heavy atom. The van der Waals surface area contributed by atoms with Gasteiger partial charge < -0.3 is 15.0 Å². The van der Waals surface area contributed by atoms with Gasteiger partial charge in [-0.1, -0.05) is 12.1 Å². The van der Waals surface area contributed by atoms with Crippen molar-refractivity contribution >= 4 is 16.6 Å². The normalized spacial score (nSPS) is 18.4. The van der Waals surface area contributed by atoms with Crippen molar-refractivity contribution in [2.75, 3.05) is 31.6 Å². The number of hydrogen-bond acceptors (Lipinski definition) is 4. The van der Waals surface area contributed by atoms with Gasteiger partial charge in [-0.15, -0.1) is 0 Å². The summed E-state index contributed by atoms with van der Waals surface area (Å²) >= 11 is 0. The maximum atomic E-state index is 5.46. The van der Waals surface area contributed by atoms with Gasteiger partial charge in [0.15, 0.2) is 0 Å². The van der Waals surface area contributed by atoms with Gasteiger partial charge in [0.05, 0.1) is 7.11 Å². The molecule has 1 aliphatic rings. The molecule has 2 aromatic rings. The van der Waals surface area contributed by atoms with E-state index in [1.165, 1.54) is 11.8 Å². The van der Waals surface area contributed by atoms with E-state index in [2.05, 4.69) is 28.2 Å². The minimum absolute atomic E-state index is 0.532. The number of pyridine rings is 1. The molecule has 1 aliphatic heterocycles. The van der Waals surface area contributed by atoms with Crippen molar-refractivity contribution in [1.29, 1.82) is 0 Å². The zero-order valence-electron chi connectivity index (χ0n) is 12.1. The molecule has 1 aromatic heterocycles. The predicted molar refractivity (Wildman–Crippen MR) is 82.6 cm³/mol. The van der Waals surface area contributed by atoms with E-state index < -0.39 is 0 Å². The molecule has 0 spiro atoms.